The second-order valence-corrected chi connectivity index (χ2v) is 3.52. The summed E-state index contributed by atoms with van der Waals surface area (Å²) in [5.74, 6) is 0. The lowest BCUT2D eigenvalue weighted by molar-refractivity contribution is 0.0787. The van der Waals surface area contributed by atoms with E-state index in [4.69, 9.17) is 4.74 Å². The third-order valence-corrected chi connectivity index (χ3v) is 1.93. The van der Waals surface area contributed by atoms with Gasteiger partial charge in [-0.3, -0.25) is 0 Å². The first kappa shape index (κ1) is 13.2. The second kappa shape index (κ2) is 6.65. The number of carbonyl (C=O) groups is 1. The minimum Gasteiger partial charge on any atom is -0.447 e. The van der Waals surface area contributed by atoms with Crippen LogP contribution in [0.25, 0.3) is 0 Å². The monoisotopic (exact) mass is 202 g/mol. The zero-order chi connectivity index (χ0) is 9.68. The Morgan fingerprint density at radius 3 is 2.71 bits per heavy atom. The van der Waals surface area contributed by atoms with Crippen LogP contribution in [0.3, 0.4) is 0 Å². The van der Waals surface area contributed by atoms with Gasteiger partial charge in [0.15, 0.2) is 0 Å². The van der Waals surface area contributed by atoms with Gasteiger partial charge in [-0.2, -0.15) is 0 Å². The summed E-state index contributed by atoms with van der Waals surface area (Å²) in [5, 5.41) is 3.24. The van der Waals surface area contributed by atoms with Crippen molar-refractivity contribution >= 4 is 6.09 Å². The summed E-state index contributed by atoms with van der Waals surface area (Å²) >= 11 is 0. The Morgan fingerprint density at radius 1 is 1.36 bits per heavy atom. The van der Waals surface area contributed by atoms with Gasteiger partial charge in [0.2, 0.25) is 0 Å². The highest BCUT2D eigenvalue weighted by Gasteiger charge is 2.16. The van der Waals surface area contributed by atoms with Crippen LogP contribution < -0.4 is 5.32 Å². The number of amides is 1. The van der Waals surface area contributed by atoms with E-state index in [-0.39, 0.29) is 19.6 Å². The van der Waals surface area contributed by atoms with Gasteiger partial charge in [0, 0.05) is 19.6 Å². The molecule has 0 radical (unpaired) electrons. The maximum atomic E-state index is 11.4. The van der Waals surface area contributed by atoms with E-state index in [1.54, 1.807) is 4.90 Å². The molecule has 0 aromatic heterocycles. The van der Waals surface area contributed by atoms with E-state index in [2.05, 4.69) is 5.32 Å². The summed E-state index contributed by atoms with van der Waals surface area (Å²) in [5.41, 5.74) is 0. The Labute approximate surface area is 86.6 Å². The van der Waals surface area contributed by atoms with Crippen molar-refractivity contribution in [1.29, 1.82) is 0 Å². The van der Waals surface area contributed by atoms with Gasteiger partial charge in [0.1, 0.15) is 0 Å². The van der Waals surface area contributed by atoms with Gasteiger partial charge >= 0.3 is 6.09 Å². The highest BCUT2D eigenvalue weighted by Crippen LogP contribution is 2.01. The molecule has 1 N–H and O–H groups in total. The molecule has 0 aliphatic carbocycles. The molecule has 0 aromatic carbocycles. The molecule has 1 rings (SSSR count). The number of nitrogens with zero attached hydrogens (tertiary/aromatic N) is 1. The molecular weight excluding hydrogens is 180 g/mol. The molecule has 0 spiro atoms. The van der Waals surface area contributed by atoms with Gasteiger partial charge in [0.05, 0.1) is 6.10 Å². The molecule has 0 unspecified atom stereocenters. The van der Waals surface area contributed by atoms with Crippen molar-refractivity contribution in [3.05, 3.63) is 0 Å². The molecule has 4 nitrogen and oxygen atoms in total. The summed E-state index contributed by atoms with van der Waals surface area (Å²) in [7, 11) is 0. The van der Waals surface area contributed by atoms with Crippen LogP contribution in [0.1, 0.15) is 27.7 Å². The highest BCUT2D eigenvalue weighted by molar-refractivity contribution is 5.67. The van der Waals surface area contributed by atoms with Crippen LogP contribution in [0.5, 0.6) is 0 Å². The fourth-order valence-corrected chi connectivity index (χ4v) is 1.30. The van der Waals surface area contributed by atoms with Crippen LogP contribution in [0, 0.1) is 0 Å². The Morgan fingerprint density at radius 2 is 2.07 bits per heavy atom. The minimum atomic E-state index is -0.182. The largest absolute Gasteiger partial charge is 0.447 e. The number of rotatable bonds is 1. The maximum absolute atomic E-state index is 11.4. The lowest BCUT2D eigenvalue weighted by Crippen LogP contribution is -2.35. The maximum Gasteiger partial charge on any atom is 0.410 e. The summed E-state index contributed by atoms with van der Waals surface area (Å²) in [4.78, 5) is 13.2. The molecule has 1 saturated heterocycles. The van der Waals surface area contributed by atoms with E-state index in [1.807, 2.05) is 13.8 Å². The molecule has 0 aromatic rings. The summed E-state index contributed by atoms with van der Waals surface area (Å²) in [6, 6.07) is 0. The van der Waals surface area contributed by atoms with Crippen molar-refractivity contribution in [2.75, 3.05) is 26.2 Å². The minimum absolute atomic E-state index is 0. The Hall–Kier alpha value is -0.770. The Kier molecular flexibility index (Phi) is 6.28. The molecule has 0 saturated carbocycles. The topological polar surface area (TPSA) is 41.6 Å². The number of ether oxygens (including phenoxy) is 1. The quantitative estimate of drug-likeness (QED) is 0.700. The summed E-state index contributed by atoms with van der Waals surface area (Å²) in [6.07, 6.45) is 0.801. The zero-order valence-corrected chi connectivity index (χ0v) is 8.38. The van der Waals surface area contributed by atoms with Gasteiger partial charge in [-0.15, -0.1) is 0 Å². The molecule has 4 heteroatoms. The smallest absolute Gasteiger partial charge is 0.410 e. The van der Waals surface area contributed by atoms with Gasteiger partial charge in [-0.25, -0.2) is 4.79 Å². The van der Waals surface area contributed by atoms with E-state index < -0.39 is 0 Å². The van der Waals surface area contributed by atoms with E-state index in [0.29, 0.717) is 0 Å². The lowest BCUT2D eigenvalue weighted by atomic mass is 10.4. The molecule has 1 aliphatic heterocycles. The molecule has 14 heavy (non-hydrogen) atoms. The molecule has 1 fully saturated rings. The second-order valence-electron chi connectivity index (χ2n) is 3.52. The predicted octanol–water partition coefficient (Wildman–Crippen LogP) is 1.46. The van der Waals surface area contributed by atoms with Crippen molar-refractivity contribution in [3.8, 4) is 0 Å². The van der Waals surface area contributed by atoms with Crippen LogP contribution in [0.4, 0.5) is 4.79 Å². The first-order valence-corrected chi connectivity index (χ1v) is 4.86. The van der Waals surface area contributed by atoms with E-state index >= 15 is 0 Å². The Bertz CT molecular complexity index is 164. The third-order valence-electron chi connectivity index (χ3n) is 1.93. The molecule has 0 bridgehead atoms. The van der Waals surface area contributed by atoms with Crippen LogP contribution in [0.15, 0.2) is 0 Å². The summed E-state index contributed by atoms with van der Waals surface area (Å²) in [6.45, 7) is 7.16. The van der Waals surface area contributed by atoms with Gasteiger partial charge in [-0.05, 0) is 26.8 Å². The lowest BCUT2D eigenvalue weighted by Gasteiger charge is -2.20. The van der Waals surface area contributed by atoms with Crippen LogP contribution in [0.2, 0.25) is 0 Å². The Balaban J connectivity index is 0.00000169. The zero-order valence-electron chi connectivity index (χ0n) is 8.38. The molecule has 1 amide bonds. The van der Waals surface area contributed by atoms with Crippen LogP contribution in [-0.4, -0.2) is 43.3 Å². The average Bonchev–Trinajstić information content (AvgIpc) is 2.29. The van der Waals surface area contributed by atoms with Gasteiger partial charge in [0.25, 0.3) is 0 Å². The predicted molar refractivity (Wildman–Crippen MR) is 57.4 cm³/mol. The fraction of sp³-hybridized carbons (Fsp3) is 0.900. The van der Waals surface area contributed by atoms with E-state index in [1.165, 1.54) is 0 Å². The summed E-state index contributed by atoms with van der Waals surface area (Å²) < 4.78 is 5.10. The van der Waals surface area contributed by atoms with Gasteiger partial charge in [-0.1, -0.05) is 7.43 Å². The first-order valence-electron chi connectivity index (χ1n) is 4.86. The molecule has 1 aliphatic rings. The van der Waals surface area contributed by atoms with Crippen molar-refractivity contribution in [3.63, 3.8) is 0 Å². The van der Waals surface area contributed by atoms with Crippen molar-refractivity contribution in [1.82, 2.24) is 10.2 Å². The third kappa shape index (κ3) is 4.46. The first-order chi connectivity index (χ1) is 6.20. The van der Waals surface area contributed by atoms with Gasteiger partial charge < -0.3 is 15.0 Å². The van der Waals surface area contributed by atoms with Crippen LogP contribution in [-0.2, 0) is 4.74 Å². The molecule has 84 valence electrons. The number of hydrogen-bond donors (Lipinski definition) is 1. The number of hydrogen-bond acceptors (Lipinski definition) is 3. The fourth-order valence-electron chi connectivity index (χ4n) is 1.30. The number of carbonyl (C=O) groups excluding carboxylic acids is 1. The number of nitrogens with one attached hydrogen (secondary N) is 1. The van der Waals surface area contributed by atoms with E-state index in [9.17, 15) is 4.79 Å². The molecule has 1 heterocycles. The van der Waals surface area contributed by atoms with Crippen LogP contribution >= 0.6 is 0 Å². The average molecular weight is 202 g/mol. The van der Waals surface area contributed by atoms with Crippen molar-refractivity contribution in [2.24, 2.45) is 0 Å². The molecular formula is C10H22N2O2. The highest BCUT2D eigenvalue weighted by atomic mass is 16.6. The van der Waals surface area contributed by atoms with Crippen molar-refractivity contribution < 1.29 is 9.53 Å². The molecule has 0 atom stereocenters. The SMILES string of the molecule is C.CC(C)OC(=O)N1CCCNCC1. The van der Waals surface area contributed by atoms with E-state index in [0.717, 1.165) is 32.6 Å². The van der Waals surface area contributed by atoms with Crippen molar-refractivity contribution in [2.45, 2.75) is 33.8 Å². The standard InChI is InChI=1S/C9H18N2O2.CH4/c1-8(2)13-9(12)11-6-3-4-10-5-7-11;/h8,10H,3-7H2,1-2H3;1H4. The normalized spacial score (nSPS) is 17.2.